The summed E-state index contributed by atoms with van der Waals surface area (Å²) in [7, 11) is 0. The van der Waals surface area contributed by atoms with E-state index in [1.807, 2.05) is 17.0 Å². The zero-order valence-electron chi connectivity index (χ0n) is 9.06. The number of anilines is 2. The second kappa shape index (κ2) is 4.42. The van der Waals surface area contributed by atoms with Crippen molar-refractivity contribution in [3.05, 3.63) is 23.8 Å². The highest BCUT2D eigenvalue weighted by molar-refractivity contribution is 5.74. The third kappa shape index (κ3) is 1.95. The topological polar surface area (TPSA) is 73.3 Å². The lowest BCUT2D eigenvalue weighted by molar-refractivity contribution is 0.154. The summed E-state index contributed by atoms with van der Waals surface area (Å²) in [5, 5.41) is 18.5. The Labute approximate surface area is 94.9 Å². The standard InChI is InChI=1S/C12H15N3O/c13-7-9-3-1-5-11(12(9)14)15-6-2-4-10(16)8-15/h1,3,5,10,16H,2,4,6,8,14H2. The van der Waals surface area contributed by atoms with Gasteiger partial charge >= 0.3 is 0 Å². The van der Waals surface area contributed by atoms with Gasteiger partial charge in [0.1, 0.15) is 6.07 Å². The summed E-state index contributed by atoms with van der Waals surface area (Å²) in [6, 6.07) is 7.50. The van der Waals surface area contributed by atoms with E-state index in [0.29, 0.717) is 17.8 Å². The third-order valence-electron chi connectivity index (χ3n) is 2.94. The molecular weight excluding hydrogens is 202 g/mol. The van der Waals surface area contributed by atoms with Crippen LogP contribution in [0.2, 0.25) is 0 Å². The van der Waals surface area contributed by atoms with Gasteiger partial charge in [-0.05, 0) is 25.0 Å². The van der Waals surface area contributed by atoms with Crippen LogP contribution in [0.1, 0.15) is 18.4 Å². The first-order valence-electron chi connectivity index (χ1n) is 5.44. The molecule has 84 valence electrons. The van der Waals surface area contributed by atoms with Gasteiger partial charge in [0.2, 0.25) is 0 Å². The number of nitrogens with two attached hydrogens (primary N) is 1. The number of hydrogen-bond donors (Lipinski definition) is 2. The molecule has 2 rings (SSSR count). The van der Waals surface area contributed by atoms with Gasteiger partial charge in [-0.15, -0.1) is 0 Å². The number of nitriles is 1. The Balaban J connectivity index is 2.30. The van der Waals surface area contributed by atoms with Crippen LogP contribution in [0.3, 0.4) is 0 Å². The summed E-state index contributed by atoms with van der Waals surface area (Å²) >= 11 is 0. The predicted molar refractivity (Wildman–Crippen MR) is 63.0 cm³/mol. The van der Waals surface area contributed by atoms with Gasteiger partial charge < -0.3 is 15.7 Å². The molecule has 0 amide bonds. The number of β-amino-alcohol motifs (C(OH)–C–C–N with tert-alkyl or cyclic N) is 1. The molecule has 1 saturated heterocycles. The number of rotatable bonds is 1. The molecule has 4 heteroatoms. The molecule has 0 saturated carbocycles. The van der Waals surface area contributed by atoms with Crippen LogP contribution in [0, 0.1) is 11.3 Å². The predicted octanol–water partition coefficient (Wildman–Crippen LogP) is 1.10. The molecule has 3 N–H and O–H groups in total. The molecule has 0 bridgehead atoms. The normalized spacial score (nSPS) is 20.5. The van der Waals surface area contributed by atoms with Crippen molar-refractivity contribution in [3.63, 3.8) is 0 Å². The summed E-state index contributed by atoms with van der Waals surface area (Å²) < 4.78 is 0. The first-order chi connectivity index (χ1) is 7.72. The fourth-order valence-corrected chi connectivity index (χ4v) is 2.10. The lowest BCUT2D eigenvalue weighted by Gasteiger charge is -2.32. The minimum Gasteiger partial charge on any atom is -0.396 e. The average molecular weight is 217 g/mol. The van der Waals surface area contributed by atoms with Gasteiger partial charge in [-0.25, -0.2) is 0 Å². The molecule has 1 aliphatic heterocycles. The first kappa shape index (κ1) is 10.8. The van der Waals surface area contributed by atoms with Crippen LogP contribution in [-0.4, -0.2) is 24.3 Å². The van der Waals surface area contributed by atoms with Gasteiger partial charge in [-0.3, -0.25) is 0 Å². The maximum Gasteiger partial charge on any atom is 0.101 e. The van der Waals surface area contributed by atoms with E-state index < -0.39 is 0 Å². The largest absolute Gasteiger partial charge is 0.396 e. The number of para-hydroxylation sites is 1. The fourth-order valence-electron chi connectivity index (χ4n) is 2.10. The molecule has 0 aliphatic carbocycles. The second-order valence-corrected chi connectivity index (χ2v) is 4.09. The molecule has 4 nitrogen and oxygen atoms in total. The van der Waals surface area contributed by atoms with Crippen molar-refractivity contribution in [2.75, 3.05) is 23.7 Å². The van der Waals surface area contributed by atoms with Crippen molar-refractivity contribution < 1.29 is 5.11 Å². The van der Waals surface area contributed by atoms with Crippen molar-refractivity contribution in [1.29, 1.82) is 5.26 Å². The van der Waals surface area contributed by atoms with Crippen LogP contribution in [0.5, 0.6) is 0 Å². The molecule has 1 aromatic rings. The van der Waals surface area contributed by atoms with Crippen molar-refractivity contribution in [2.24, 2.45) is 0 Å². The molecule has 1 fully saturated rings. The Morgan fingerprint density at radius 2 is 2.31 bits per heavy atom. The number of hydrogen-bond acceptors (Lipinski definition) is 4. The van der Waals surface area contributed by atoms with E-state index >= 15 is 0 Å². The third-order valence-corrected chi connectivity index (χ3v) is 2.94. The van der Waals surface area contributed by atoms with E-state index in [4.69, 9.17) is 11.0 Å². The fraction of sp³-hybridized carbons (Fsp3) is 0.417. The Hall–Kier alpha value is -1.73. The van der Waals surface area contributed by atoms with Crippen LogP contribution in [0.4, 0.5) is 11.4 Å². The van der Waals surface area contributed by atoms with Crippen molar-refractivity contribution >= 4 is 11.4 Å². The smallest absolute Gasteiger partial charge is 0.101 e. The van der Waals surface area contributed by atoms with Crippen LogP contribution in [0.25, 0.3) is 0 Å². The molecule has 1 heterocycles. The first-order valence-corrected chi connectivity index (χ1v) is 5.44. The second-order valence-electron chi connectivity index (χ2n) is 4.09. The Bertz CT molecular complexity index is 425. The van der Waals surface area contributed by atoms with E-state index in [-0.39, 0.29) is 6.10 Å². The monoisotopic (exact) mass is 217 g/mol. The minimum absolute atomic E-state index is 0.293. The van der Waals surface area contributed by atoms with E-state index in [9.17, 15) is 5.11 Å². The van der Waals surface area contributed by atoms with E-state index in [1.165, 1.54) is 0 Å². The van der Waals surface area contributed by atoms with Gasteiger partial charge in [-0.1, -0.05) is 6.07 Å². The molecule has 1 aliphatic rings. The minimum atomic E-state index is -0.293. The van der Waals surface area contributed by atoms with Gasteiger partial charge in [0.25, 0.3) is 0 Å². The van der Waals surface area contributed by atoms with Gasteiger partial charge in [0.05, 0.1) is 23.0 Å². The molecule has 1 aromatic carbocycles. The van der Waals surface area contributed by atoms with Crippen molar-refractivity contribution in [1.82, 2.24) is 0 Å². The molecular formula is C12H15N3O. The highest BCUT2D eigenvalue weighted by atomic mass is 16.3. The number of aliphatic hydroxyl groups excluding tert-OH is 1. The van der Waals surface area contributed by atoms with Gasteiger partial charge in [0, 0.05) is 13.1 Å². The zero-order valence-corrected chi connectivity index (χ0v) is 9.06. The van der Waals surface area contributed by atoms with Crippen molar-refractivity contribution in [3.8, 4) is 6.07 Å². The van der Waals surface area contributed by atoms with Crippen molar-refractivity contribution in [2.45, 2.75) is 18.9 Å². The maximum absolute atomic E-state index is 9.61. The quantitative estimate of drug-likeness (QED) is 0.691. The molecule has 16 heavy (non-hydrogen) atoms. The molecule has 0 aromatic heterocycles. The average Bonchev–Trinajstić information content (AvgIpc) is 2.29. The van der Waals surface area contributed by atoms with E-state index in [0.717, 1.165) is 25.1 Å². The maximum atomic E-state index is 9.61. The summed E-state index contributed by atoms with van der Waals surface area (Å²) in [4.78, 5) is 2.05. The highest BCUT2D eigenvalue weighted by Gasteiger charge is 2.20. The van der Waals surface area contributed by atoms with E-state index in [1.54, 1.807) is 6.07 Å². The van der Waals surface area contributed by atoms with E-state index in [2.05, 4.69) is 6.07 Å². The van der Waals surface area contributed by atoms with Gasteiger partial charge in [0.15, 0.2) is 0 Å². The zero-order chi connectivity index (χ0) is 11.5. The molecule has 1 atom stereocenters. The number of aliphatic hydroxyl groups is 1. The number of nitrogen functional groups attached to an aromatic ring is 1. The lowest BCUT2D eigenvalue weighted by atomic mass is 10.1. The van der Waals surface area contributed by atoms with Gasteiger partial charge in [-0.2, -0.15) is 5.26 Å². The summed E-state index contributed by atoms with van der Waals surface area (Å²) in [5.74, 6) is 0. The number of piperidine rings is 1. The Morgan fingerprint density at radius 3 is 3.00 bits per heavy atom. The van der Waals surface area contributed by atoms with Crippen LogP contribution < -0.4 is 10.6 Å². The number of benzene rings is 1. The highest BCUT2D eigenvalue weighted by Crippen LogP contribution is 2.28. The van der Waals surface area contributed by atoms with Crippen LogP contribution >= 0.6 is 0 Å². The molecule has 0 radical (unpaired) electrons. The number of nitrogens with zero attached hydrogens (tertiary/aromatic N) is 2. The lowest BCUT2D eigenvalue weighted by Crippen LogP contribution is -2.38. The van der Waals surface area contributed by atoms with Crippen LogP contribution in [-0.2, 0) is 0 Å². The summed E-state index contributed by atoms with van der Waals surface area (Å²) in [5.41, 5.74) is 7.79. The Morgan fingerprint density at radius 1 is 1.50 bits per heavy atom. The molecule has 0 spiro atoms. The Kier molecular flexibility index (Phi) is 2.97. The van der Waals surface area contributed by atoms with Crippen LogP contribution in [0.15, 0.2) is 18.2 Å². The SMILES string of the molecule is N#Cc1cccc(N2CCCC(O)C2)c1N. The molecule has 1 unspecified atom stereocenters. The summed E-state index contributed by atoms with van der Waals surface area (Å²) in [6.45, 7) is 1.48. The summed E-state index contributed by atoms with van der Waals surface area (Å²) in [6.07, 6.45) is 1.50.